The summed E-state index contributed by atoms with van der Waals surface area (Å²) in [7, 11) is 0.292. The van der Waals surface area contributed by atoms with Crippen molar-refractivity contribution in [3.05, 3.63) is 18.3 Å². The Kier molecular flexibility index (Phi) is 2.46. The Bertz CT molecular complexity index is 242. The predicted molar refractivity (Wildman–Crippen MR) is 43.6 cm³/mol. The van der Waals surface area contributed by atoms with E-state index in [1.807, 2.05) is 0 Å². The van der Waals surface area contributed by atoms with Crippen molar-refractivity contribution < 1.29 is 10.0 Å². The molecule has 0 spiro atoms. The summed E-state index contributed by atoms with van der Waals surface area (Å²) in [6.07, 6.45) is 1.51. The van der Waals surface area contributed by atoms with Crippen LogP contribution in [0.15, 0.2) is 18.3 Å². The smallest absolute Gasteiger partial charge is 0.423 e. The second kappa shape index (κ2) is 3.36. The number of nitrogens with zero attached hydrogens (tertiary/aromatic N) is 1. The highest BCUT2D eigenvalue weighted by Gasteiger charge is 2.10. The molecule has 0 saturated heterocycles. The summed E-state index contributed by atoms with van der Waals surface area (Å²) < 4.78 is 0. The van der Waals surface area contributed by atoms with Crippen molar-refractivity contribution in [3.63, 3.8) is 0 Å². The van der Waals surface area contributed by atoms with E-state index in [9.17, 15) is 0 Å². The maximum atomic E-state index is 8.74. The van der Waals surface area contributed by atoms with E-state index < -0.39 is 7.12 Å². The molecule has 0 unspecified atom stereocenters. The lowest BCUT2D eigenvalue weighted by molar-refractivity contribution is 0.425. The second-order valence-corrected chi connectivity index (χ2v) is 2.10. The number of pyridine rings is 1. The second-order valence-electron chi connectivity index (χ2n) is 2.10. The largest absolute Gasteiger partial charge is 0.488 e. The highest BCUT2D eigenvalue weighted by molar-refractivity contribution is 6.58. The summed E-state index contributed by atoms with van der Waals surface area (Å²) >= 11 is 0. The van der Waals surface area contributed by atoms with E-state index in [1.54, 1.807) is 19.2 Å². The molecule has 0 bridgehead atoms. The molecule has 1 heterocycles. The number of nitrogens with one attached hydrogen (secondary N) is 1. The van der Waals surface area contributed by atoms with Gasteiger partial charge in [0, 0.05) is 13.2 Å². The molecule has 0 atom stereocenters. The molecule has 1 rings (SSSR count). The number of rotatable bonds is 2. The van der Waals surface area contributed by atoms with E-state index in [0.29, 0.717) is 11.3 Å². The zero-order valence-electron chi connectivity index (χ0n) is 6.15. The summed E-state index contributed by atoms with van der Waals surface area (Å²) in [6, 6.07) is 3.12. The minimum Gasteiger partial charge on any atom is -0.423 e. The van der Waals surface area contributed by atoms with Gasteiger partial charge in [-0.25, -0.2) is 4.98 Å². The first-order valence-corrected chi connectivity index (χ1v) is 3.24. The lowest BCUT2D eigenvalue weighted by Crippen LogP contribution is -2.29. The number of hydrogen-bond acceptors (Lipinski definition) is 4. The molecule has 3 N–H and O–H groups in total. The van der Waals surface area contributed by atoms with Crippen LogP contribution in [0, 0.1) is 0 Å². The fourth-order valence-electron chi connectivity index (χ4n) is 0.744. The van der Waals surface area contributed by atoms with Crippen LogP contribution < -0.4 is 10.8 Å². The van der Waals surface area contributed by atoms with Gasteiger partial charge < -0.3 is 15.4 Å². The molecule has 11 heavy (non-hydrogen) atoms. The van der Waals surface area contributed by atoms with E-state index in [4.69, 9.17) is 10.0 Å². The van der Waals surface area contributed by atoms with Gasteiger partial charge in [-0.05, 0) is 17.6 Å². The van der Waals surface area contributed by atoms with Crippen molar-refractivity contribution in [3.8, 4) is 0 Å². The van der Waals surface area contributed by atoms with E-state index in [0.717, 1.165) is 0 Å². The molecule has 0 radical (unpaired) electrons. The Balaban J connectivity index is 2.91. The number of aromatic nitrogens is 1. The minimum atomic E-state index is -1.43. The molecule has 0 aromatic carbocycles. The summed E-state index contributed by atoms with van der Waals surface area (Å²) in [5.74, 6) is 0.621. The monoisotopic (exact) mass is 152 g/mol. The highest BCUT2D eigenvalue weighted by atomic mass is 16.4. The third kappa shape index (κ3) is 1.93. The van der Waals surface area contributed by atoms with Crippen molar-refractivity contribution in [1.29, 1.82) is 0 Å². The van der Waals surface area contributed by atoms with Gasteiger partial charge in [-0.1, -0.05) is 0 Å². The fraction of sp³-hybridized carbons (Fsp3) is 0.167. The van der Waals surface area contributed by atoms with Crippen LogP contribution >= 0.6 is 0 Å². The van der Waals surface area contributed by atoms with Gasteiger partial charge in [-0.3, -0.25) is 0 Å². The first kappa shape index (κ1) is 8.04. The lowest BCUT2D eigenvalue weighted by atomic mass is 9.81. The maximum absolute atomic E-state index is 8.74. The lowest BCUT2D eigenvalue weighted by Gasteiger charge is -2.01. The zero-order valence-corrected chi connectivity index (χ0v) is 6.15. The van der Waals surface area contributed by atoms with Crippen LogP contribution in [0.5, 0.6) is 0 Å². The number of hydrogen-bond donors (Lipinski definition) is 3. The Morgan fingerprint density at radius 2 is 2.27 bits per heavy atom. The third-order valence-corrected chi connectivity index (χ3v) is 1.34. The first-order chi connectivity index (χ1) is 5.24. The van der Waals surface area contributed by atoms with Gasteiger partial charge in [-0.15, -0.1) is 0 Å². The molecule has 0 saturated carbocycles. The Labute approximate surface area is 65.0 Å². The zero-order chi connectivity index (χ0) is 8.27. The minimum absolute atomic E-state index is 0.435. The van der Waals surface area contributed by atoms with E-state index in [2.05, 4.69) is 10.3 Å². The fourth-order valence-corrected chi connectivity index (χ4v) is 0.744. The molecule has 5 heteroatoms. The average Bonchev–Trinajstić information content (AvgIpc) is 2.05. The molecule has 0 fully saturated rings. The average molecular weight is 152 g/mol. The molecule has 58 valence electrons. The van der Waals surface area contributed by atoms with Gasteiger partial charge in [0.15, 0.2) is 0 Å². The van der Waals surface area contributed by atoms with Crippen molar-refractivity contribution in [1.82, 2.24) is 4.98 Å². The summed E-state index contributed by atoms with van der Waals surface area (Å²) in [5.41, 5.74) is 0.435. The Hall–Kier alpha value is -1.07. The van der Waals surface area contributed by atoms with Crippen LogP contribution in [0.4, 0.5) is 5.82 Å². The molecule has 0 aliphatic heterocycles. The van der Waals surface area contributed by atoms with Crippen LogP contribution in [0.1, 0.15) is 0 Å². The van der Waals surface area contributed by atoms with E-state index >= 15 is 0 Å². The predicted octanol–water partition coefficient (Wildman–Crippen LogP) is -1.20. The van der Waals surface area contributed by atoms with Gasteiger partial charge >= 0.3 is 7.12 Å². The quantitative estimate of drug-likeness (QED) is 0.466. The topological polar surface area (TPSA) is 65.4 Å². The number of anilines is 1. The summed E-state index contributed by atoms with van der Waals surface area (Å²) in [6.45, 7) is 0. The molecular formula is C6H9BN2O2. The SMILES string of the molecule is CNc1cc(B(O)O)ccn1. The highest BCUT2D eigenvalue weighted by Crippen LogP contribution is 1.95. The van der Waals surface area contributed by atoms with E-state index in [1.165, 1.54) is 6.20 Å². The molecule has 1 aromatic heterocycles. The molecular weight excluding hydrogens is 143 g/mol. The first-order valence-electron chi connectivity index (χ1n) is 3.24. The van der Waals surface area contributed by atoms with Gasteiger partial charge in [0.2, 0.25) is 0 Å². The van der Waals surface area contributed by atoms with Gasteiger partial charge in [0.25, 0.3) is 0 Å². The van der Waals surface area contributed by atoms with Crippen LogP contribution in [-0.4, -0.2) is 29.2 Å². The Morgan fingerprint density at radius 1 is 1.55 bits per heavy atom. The van der Waals surface area contributed by atoms with Crippen LogP contribution in [0.25, 0.3) is 0 Å². The van der Waals surface area contributed by atoms with Gasteiger partial charge in [0.05, 0.1) is 0 Å². The van der Waals surface area contributed by atoms with Crippen LogP contribution in [-0.2, 0) is 0 Å². The molecule has 0 aliphatic rings. The van der Waals surface area contributed by atoms with Crippen LogP contribution in [0.3, 0.4) is 0 Å². The summed E-state index contributed by atoms with van der Waals surface area (Å²) in [5, 5.41) is 20.3. The third-order valence-electron chi connectivity index (χ3n) is 1.34. The van der Waals surface area contributed by atoms with Gasteiger partial charge in [-0.2, -0.15) is 0 Å². The van der Waals surface area contributed by atoms with Crippen molar-refractivity contribution in [2.75, 3.05) is 12.4 Å². The molecule has 4 nitrogen and oxygen atoms in total. The standard InChI is InChI=1S/C6H9BN2O2/c1-8-6-4-5(7(10)11)2-3-9-6/h2-4,10-11H,1H3,(H,8,9). The molecule has 1 aromatic rings. The van der Waals surface area contributed by atoms with Crippen molar-refractivity contribution >= 4 is 18.4 Å². The van der Waals surface area contributed by atoms with Gasteiger partial charge in [0.1, 0.15) is 5.82 Å². The van der Waals surface area contributed by atoms with Crippen LogP contribution in [0.2, 0.25) is 0 Å². The molecule has 0 aliphatic carbocycles. The van der Waals surface area contributed by atoms with Crippen molar-refractivity contribution in [2.45, 2.75) is 0 Å². The molecule has 0 amide bonds. The normalized spacial score (nSPS) is 9.36. The van der Waals surface area contributed by atoms with E-state index in [-0.39, 0.29) is 0 Å². The maximum Gasteiger partial charge on any atom is 0.488 e. The summed E-state index contributed by atoms with van der Waals surface area (Å²) in [4.78, 5) is 3.91. The Morgan fingerprint density at radius 3 is 2.82 bits per heavy atom. The van der Waals surface area contributed by atoms with Crippen molar-refractivity contribution in [2.24, 2.45) is 0 Å².